The van der Waals surface area contributed by atoms with Crippen LogP contribution in [0.4, 0.5) is 5.69 Å². The van der Waals surface area contributed by atoms with Gasteiger partial charge in [-0.1, -0.05) is 19.8 Å². The van der Waals surface area contributed by atoms with Crippen LogP contribution >= 0.6 is 15.9 Å². The Bertz CT molecular complexity index is 529. The average Bonchev–Trinajstić information content (AvgIpc) is 2.45. The summed E-state index contributed by atoms with van der Waals surface area (Å²) < 4.78 is 2.11. The quantitative estimate of drug-likeness (QED) is 0.880. The highest BCUT2D eigenvalue weighted by molar-refractivity contribution is 9.10. The molecule has 0 aromatic carbocycles. The number of hydrogen-bond acceptors (Lipinski definition) is 4. The highest BCUT2D eigenvalue weighted by Gasteiger charge is 2.22. The van der Waals surface area contributed by atoms with Gasteiger partial charge in [0.2, 0.25) is 0 Å². The zero-order valence-electron chi connectivity index (χ0n) is 13.1. The van der Waals surface area contributed by atoms with Crippen molar-refractivity contribution in [2.45, 2.75) is 45.2 Å². The van der Waals surface area contributed by atoms with Gasteiger partial charge in [-0.3, -0.25) is 4.79 Å². The smallest absolute Gasteiger partial charge is 0.283 e. The van der Waals surface area contributed by atoms with Crippen LogP contribution in [0, 0.1) is 5.92 Å². The van der Waals surface area contributed by atoms with E-state index >= 15 is 0 Å². The topological polar surface area (TPSA) is 50.2 Å². The molecule has 0 saturated heterocycles. The van der Waals surface area contributed by atoms with E-state index in [1.165, 1.54) is 23.9 Å². The molecule has 1 aliphatic carbocycles. The predicted octanol–water partition coefficient (Wildman–Crippen LogP) is 2.56. The Morgan fingerprint density at radius 3 is 2.81 bits per heavy atom. The molecule has 2 unspecified atom stereocenters. The largest absolute Gasteiger partial charge is 0.380 e. The average molecular weight is 357 g/mol. The van der Waals surface area contributed by atoms with Gasteiger partial charge in [-0.05, 0) is 48.8 Å². The van der Waals surface area contributed by atoms with Crippen LogP contribution in [0.3, 0.4) is 0 Å². The van der Waals surface area contributed by atoms with Crippen LogP contribution < -0.4 is 10.9 Å². The molecule has 1 N–H and O–H groups in total. The minimum Gasteiger partial charge on any atom is -0.380 e. The summed E-state index contributed by atoms with van der Waals surface area (Å²) in [7, 11) is 3.97. The van der Waals surface area contributed by atoms with Gasteiger partial charge in [0.25, 0.3) is 5.56 Å². The molecule has 1 aliphatic rings. The van der Waals surface area contributed by atoms with Crippen LogP contribution in [0.5, 0.6) is 0 Å². The normalized spacial score (nSPS) is 22.5. The molecule has 6 heteroatoms. The maximum Gasteiger partial charge on any atom is 0.283 e. The first kappa shape index (κ1) is 16.5. The summed E-state index contributed by atoms with van der Waals surface area (Å²) >= 11 is 3.44. The number of anilines is 1. The monoisotopic (exact) mass is 356 g/mol. The van der Waals surface area contributed by atoms with Gasteiger partial charge in [-0.2, -0.15) is 5.10 Å². The maximum atomic E-state index is 12.3. The van der Waals surface area contributed by atoms with Gasteiger partial charge in [0.15, 0.2) is 0 Å². The Kier molecular flexibility index (Phi) is 5.81. The Balaban J connectivity index is 2.11. The SMILES string of the molecule is CC1CCCCC1Nc1cnn(CCN(C)C)c(=O)c1Br. The van der Waals surface area contributed by atoms with E-state index in [4.69, 9.17) is 0 Å². The van der Waals surface area contributed by atoms with Gasteiger partial charge in [0.05, 0.1) is 18.4 Å². The second kappa shape index (κ2) is 7.40. The molecule has 21 heavy (non-hydrogen) atoms. The fourth-order valence-corrected chi connectivity index (χ4v) is 3.17. The number of hydrogen-bond donors (Lipinski definition) is 1. The van der Waals surface area contributed by atoms with Crippen LogP contribution in [0.25, 0.3) is 0 Å². The van der Waals surface area contributed by atoms with Gasteiger partial charge in [0.1, 0.15) is 4.47 Å². The van der Waals surface area contributed by atoms with Crippen molar-refractivity contribution < 1.29 is 0 Å². The van der Waals surface area contributed by atoms with E-state index in [9.17, 15) is 4.79 Å². The number of nitrogens with zero attached hydrogens (tertiary/aromatic N) is 3. The van der Waals surface area contributed by atoms with Crippen molar-refractivity contribution >= 4 is 21.6 Å². The van der Waals surface area contributed by atoms with Crippen LogP contribution in [0.2, 0.25) is 0 Å². The Hall–Kier alpha value is -0.880. The zero-order valence-corrected chi connectivity index (χ0v) is 14.7. The lowest BCUT2D eigenvalue weighted by molar-refractivity contribution is 0.348. The molecule has 0 amide bonds. The van der Waals surface area contributed by atoms with Crippen molar-refractivity contribution in [3.8, 4) is 0 Å². The molecule has 0 aliphatic heterocycles. The van der Waals surface area contributed by atoms with Crippen molar-refractivity contribution in [1.82, 2.24) is 14.7 Å². The molecule has 5 nitrogen and oxygen atoms in total. The lowest BCUT2D eigenvalue weighted by atomic mass is 9.86. The third-order valence-electron chi connectivity index (χ3n) is 4.20. The fraction of sp³-hybridized carbons (Fsp3) is 0.733. The van der Waals surface area contributed by atoms with E-state index in [2.05, 4.69) is 33.3 Å². The van der Waals surface area contributed by atoms with Crippen molar-refractivity contribution in [2.24, 2.45) is 5.92 Å². The second-order valence-corrected chi connectivity index (χ2v) is 7.01. The summed E-state index contributed by atoms with van der Waals surface area (Å²) in [6, 6.07) is 0.439. The van der Waals surface area contributed by atoms with Crippen LogP contribution in [0.15, 0.2) is 15.5 Å². The van der Waals surface area contributed by atoms with Crippen LogP contribution in [-0.2, 0) is 6.54 Å². The highest BCUT2D eigenvalue weighted by atomic mass is 79.9. The molecule has 2 atom stereocenters. The van der Waals surface area contributed by atoms with Crippen molar-refractivity contribution in [3.05, 3.63) is 21.0 Å². The van der Waals surface area contributed by atoms with Gasteiger partial charge in [-0.15, -0.1) is 0 Å². The van der Waals surface area contributed by atoms with E-state index in [1.807, 2.05) is 19.0 Å². The molecule has 0 bridgehead atoms. The van der Waals surface area contributed by atoms with E-state index in [1.54, 1.807) is 6.20 Å². The third-order valence-corrected chi connectivity index (χ3v) is 4.96. The van der Waals surface area contributed by atoms with Gasteiger partial charge in [-0.25, -0.2) is 4.68 Å². The highest BCUT2D eigenvalue weighted by Crippen LogP contribution is 2.28. The molecule has 0 radical (unpaired) electrons. The molecule has 1 aromatic heterocycles. The van der Waals surface area contributed by atoms with Gasteiger partial charge in [0, 0.05) is 12.6 Å². The number of halogens is 1. The summed E-state index contributed by atoms with van der Waals surface area (Å²) in [6.07, 6.45) is 6.75. The molecule has 1 heterocycles. The molecule has 1 saturated carbocycles. The summed E-state index contributed by atoms with van der Waals surface area (Å²) in [5.74, 6) is 0.641. The zero-order chi connectivity index (χ0) is 15.4. The molecule has 2 rings (SSSR count). The first-order chi connectivity index (χ1) is 9.99. The molecular weight excluding hydrogens is 332 g/mol. The summed E-state index contributed by atoms with van der Waals surface area (Å²) in [6.45, 7) is 3.67. The molecule has 0 spiro atoms. The van der Waals surface area contributed by atoms with E-state index in [-0.39, 0.29) is 5.56 Å². The molecule has 118 valence electrons. The Morgan fingerprint density at radius 1 is 1.43 bits per heavy atom. The Labute approximate surface area is 134 Å². The van der Waals surface area contributed by atoms with E-state index in [0.717, 1.165) is 18.7 Å². The van der Waals surface area contributed by atoms with E-state index in [0.29, 0.717) is 23.0 Å². The summed E-state index contributed by atoms with van der Waals surface area (Å²) in [5, 5.41) is 7.79. The van der Waals surface area contributed by atoms with Crippen LogP contribution in [-0.4, -0.2) is 41.4 Å². The number of nitrogens with one attached hydrogen (secondary N) is 1. The summed E-state index contributed by atoms with van der Waals surface area (Å²) in [5.41, 5.74) is 0.755. The van der Waals surface area contributed by atoms with Crippen LogP contribution in [0.1, 0.15) is 32.6 Å². The number of aromatic nitrogens is 2. The Morgan fingerprint density at radius 2 is 2.14 bits per heavy atom. The van der Waals surface area contributed by atoms with Gasteiger partial charge < -0.3 is 10.2 Å². The van der Waals surface area contributed by atoms with Crippen molar-refractivity contribution in [2.75, 3.05) is 26.0 Å². The first-order valence-corrected chi connectivity index (χ1v) is 8.45. The number of likely N-dealkylation sites (N-methyl/N-ethyl adjacent to an activating group) is 1. The second-order valence-electron chi connectivity index (χ2n) is 6.22. The standard InChI is InChI=1S/C15H25BrN4O/c1-11-6-4-5-7-12(11)18-13-10-17-20(9-8-19(2)3)15(21)14(13)16/h10-12,18H,4-9H2,1-3H3. The molecule has 1 aromatic rings. The molecular formula is C15H25BrN4O. The third kappa shape index (κ3) is 4.30. The lowest BCUT2D eigenvalue weighted by Crippen LogP contribution is -2.33. The maximum absolute atomic E-state index is 12.3. The minimum absolute atomic E-state index is 0.0645. The minimum atomic E-state index is -0.0645. The fourth-order valence-electron chi connectivity index (χ4n) is 2.75. The number of rotatable bonds is 5. The lowest BCUT2D eigenvalue weighted by Gasteiger charge is -2.30. The van der Waals surface area contributed by atoms with E-state index < -0.39 is 0 Å². The predicted molar refractivity (Wildman–Crippen MR) is 89.8 cm³/mol. The van der Waals surface area contributed by atoms with Gasteiger partial charge >= 0.3 is 0 Å². The van der Waals surface area contributed by atoms with Crippen molar-refractivity contribution in [3.63, 3.8) is 0 Å². The van der Waals surface area contributed by atoms with Crippen molar-refractivity contribution in [1.29, 1.82) is 0 Å². The summed E-state index contributed by atoms with van der Waals surface area (Å²) in [4.78, 5) is 14.4. The first-order valence-electron chi connectivity index (χ1n) is 7.66. The molecule has 1 fully saturated rings.